The van der Waals surface area contributed by atoms with Gasteiger partial charge in [-0.1, -0.05) is 29.8 Å². The smallest absolute Gasteiger partial charge is 0.310 e. The highest BCUT2D eigenvalue weighted by atomic mass is 16.5. The first-order chi connectivity index (χ1) is 12.2. The van der Waals surface area contributed by atoms with Crippen molar-refractivity contribution >= 4 is 17.4 Å². The number of hydrogen-bond acceptors (Lipinski definition) is 5. The lowest BCUT2D eigenvalue weighted by molar-refractivity contribution is -0.151. The molecule has 2 saturated heterocycles. The summed E-state index contributed by atoms with van der Waals surface area (Å²) in [6, 6.07) is 8.54. The molecule has 0 radical (unpaired) electrons. The fourth-order valence-corrected chi connectivity index (χ4v) is 5.79. The van der Waals surface area contributed by atoms with E-state index < -0.39 is 0 Å². The van der Waals surface area contributed by atoms with Crippen molar-refractivity contribution in [2.75, 3.05) is 26.8 Å². The number of esters is 1. The average molecular weight is 338 g/mol. The van der Waals surface area contributed by atoms with Crippen LogP contribution in [0.1, 0.15) is 18.4 Å². The third-order valence-corrected chi connectivity index (χ3v) is 6.71. The number of rotatable bonds is 2. The zero-order valence-electron chi connectivity index (χ0n) is 14.3. The maximum absolute atomic E-state index is 13.0. The van der Waals surface area contributed by atoms with Crippen molar-refractivity contribution in [3.05, 3.63) is 41.5 Å². The van der Waals surface area contributed by atoms with Crippen LogP contribution in [0.3, 0.4) is 0 Å². The molecule has 1 saturated carbocycles. The molecule has 4 aliphatic rings. The maximum Gasteiger partial charge on any atom is 0.310 e. The van der Waals surface area contributed by atoms with Crippen LogP contribution in [-0.2, 0) is 14.9 Å². The summed E-state index contributed by atoms with van der Waals surface area (Å²) in [6.07, 6.45) is 3.69. The van der Waals surface area contributed by atoms with Crippen molar-refractivity contribution in [2.24, 2.45) is 16.8 Å². The van der Waals surface area contributed by atoms with Crippen LogP contribution in [0.25, 0.3) is 0 Å². The van der Waals surface area contributed by atoms with Gasteiger partial charge in [-0.05, 0) is 30.4 Å². The SMILES string of the molecule is COC(=O)C1C2CC3C4=Nc5ccccc5C41CCN3CC2=CCO. The number of aliphatic imine (C=N–C) groups is 1. The van der Waals surface area contributed by atoms with E-state index in [1.54, 1.807) is 0 Å². The molecule has 1 aliphatic carbocycles. The number of fused-ring (bicyclic) bond motifs is 2. The minimum absolute atomic E-state index is 0.0166. The van der Waals surface area contributed by atoms with Crippen LogP contribution < -0.4 is 0 Å². The van der Waals surface area contributed by atoms with Gasteiger partial charge in [-0.25, -0.2) is 0 Å². The second kappa shape index (κ2) is 5.26. The van der Waals surface area contributed by atoms with E-state index in [9.17, 15) is 9.90 Å². The van der Waals surface area contributed by atoms with Crippen molar-refractivity contribution < 1.29 is 14.6 Å². The summed E-state index contributed by atoms with van der Waals surface area (Å²) in [4.78, 5) is 20.4. The number of carbonyl (C=O) groups excluding carboxylic acids is 1. The molecule has 0 aromatic heterocycles. The molecule has 0 amide bonds. The van der Waals surface area contributed by atoms with E-state index in [0.29, 0.717) is 6.04 Å². The minimum Gasteiger partial charge on any atom is -0.469 e. The first-order valence-electron chi connectivity index (χ1n) is 9.01. The Bertz CT molecular complexity index is 815. The zero-order chi connectivity index (χ0) is 17.2. The number of carbonyl (C=O) groups is 1. The third-order valence-electron chi connectivity index (χ3n) is 6.71. The number of hydrogen-bond donors (Lipinski definition) is 1. The molecule has 3 fully saturated rings. The van der Waals surface area contributed by atoms with Gasteiger partial charge < -0.3 is 9.84 Å². The summed E-state index contributed by atoms with van der Waals surface area (Å²) in [7, 11) is 1.48. The van der Waals surface area contributed by atoms with Crippen LogP contribution in [0.4, 0.5) is 5.69 Å². The Kier molecular flexibility index (Phi) is 3.21. The molecule has 5 heteroatoms. The number of methoxy groups -OCH3 is 1. The van der Waals surface area contributed by atoms with Gasteiger partial charge in [0.2, 0.25) is 0 Å². The topological polar surface area (TPSA) is 62.1 Å². The summed E-state index contributed by atoms with van der Waals surface area (Å²) >= 11 is 0. The van der Waals surface area contributed by atoms with Gasteiger partial charge in [0, 0.05) is 24.8 Å². The normalized spacial score (nSPS) is 36.8. The molecule has 1 N–H and O–H groups in total. The Morgan fingerprint density at radius 3 is 3.12 bits per heavy atom. The first-order valence-corrected chi connectivity index (χ1v) is 9.01. The number of ether oxygens (including phenoxy) is 1. The van der Waals surface area contributed by atoms with Crippen molar-refractivity contribution in [3.63, 3.8) is 0 Å². The molecular formula is C20H22N2O3. The number of aliphatic hydroxyl groups is 1. The van der Waals surface area contributed by atoms with Crippen LogP contribution in [-0.4, -0.2) is 54.5 Å². The number of aliphatic hydroxyl groups excluding tert-OH is 1. The number of nitrogens with zero attached hydrogens (tertiary/aromatic N) is 2. The fourth-order valence-electron chi connectivity index (χ4n) is 5.79. The lowest BCUT2D eigenvalue weighted by Crippen LogP contribution is -2.68. The lowest BCUT2D eigenvalue weighted by atomic mass is 9.51. The van der Waals surface area contributed by atoms with Gasteiger partial charge in [0.05, 0.1) is 30.7 Å². The fraction of sp³-hybridized carbons (Fsp3) is 0.500. The Morgan fingerprint density at radius 1 is 1.48 bits per heavy atom. The van der Waals surface area contributed by atoms with Gasteiger partial charge in [0.25, 0.3) is 0 Å². The molecule has 3 heterocycles. The van der Waals surface area contributed by atoms with Gasteiger partial charge in [-0.15, -0.1) is 0 Å². The highest BCUT2D eigenvalue weighted by molar-refractivity contribution is 6.09. The van der Waals surface area contributed by atoms with E-state index in [2.05, 4.69) is 17.0 Å². The Balaban J connectivity index is 1.76. The van der Waals surface area contributed by atoms with Crippen LogP contribution in [0.2, 0.25) is 0 Å². The third kappa shape index (κ3) is 1.80. The maximum atomic E-state index is 13.0. The van der Waals surface area contributed by atoms with Gasteiger partial charge in [-0.3, -0.25) is 14.7 Å². The van der Waals surface area contributed by atoms with Gasteiger partial charge in [0.15, 0.2) is 0 Å². The second-order valence-corrected chi connectivity index (χ2v) is 7.53. The molecule has 1 aromatic rings. The lowest BCUT2D eigenvalue weighted by Gasteiger charge is -2.59. The predicted molar refractivity (Wildman–Crippen MR) is 94.0 cm³/mol. The minimum atomic E-state index is -0.345. The summed E-state index contributed by atoms with van der Waals surface area (Å²) < 4.78 is 5.28. The van der Waals surface area contributed by atoms with Crippen LogP contribution >= 0.6 is 0 Å². The van der Waals surface area contributed by atoms with E-state index in [4.69, 9.17) is 9.73 Å². The van der Waals surface area contributed by atoms with E-state index in [1.165, 1.54) is 18.2 Å². The van der Waals surface area contributed by atoms with Crippen molar-refractivity contribution in [2.45, 2.75) is 24.3 Å². The summed E-state index contributed by atoms with van der Waals surface area (Å²) in [5.41, 5.74) is 4.18. The molecule has 5 rings (SSSR count). The van der Waals surface area contributed by atoms with Crippen LogP contribution in [0, 0.1) is 11.8 Å². The number of benzene rings is 1. The molecule has 25 heavy (non-hydrogen) atoms. The van der Waals surface area contributed by atoms with Gasteiger partial charge in [0.1, 0.15) is 0 Å². The summed E-state index contributed by atoms with van der Waals surface area (Å²) in [6.45, 7) is 1.78. The first kappa shape index (κ1) is 15.3. The molecule has 5 nitrogen and oxygen atoms in total. The number of para-hydroxylation sites is 1. The number of piperidine rings is 2. The van der Waals surface area contributed by atoms with E-state index in [0.717, 1.165) is 37.3 Å². The molecule has 4 unspecified atom stereocenters. The average Bonchev–Trinajstić information content (AvgIpc) is 2.98. The highest BCUT2D eigenvalue weighted by Crippen LogP contribution is 2.60. The molecule has 0 spiro atoms. The van der Waals surface area contributed by atoms with Gasteiger partial charge in [-0.2, -0.15) is 0 Å². The van der Waals surface area contributed by atoms with E-state index in [-0.39, 0.29) is 29.8 Å². The Morgan fingerprint density at radius 2 is 2.32 bits per heavy atom. The standard InChI is InChI=1S/C20H22N2O3/c1-25-19(24)17-13-10-16-18-20(17,14-4-2-3-5-15(14)21-18)7-8-22(16)11-12(13)6-9-23/h2-6,13,16-17,23H,7-11H2,1H3. The molecule has 3 bridgehead atoms. The summed E-state index contributed by atoms with van der Waals surface area (Å²) in [5.74, 6) is -0.283. The van der Waals surface area contributed by atoms with Crippen LogP contribution in [0.15, 0.2) is 40.9 Å². The Hall–Kier alpha value is -1.98. The highest BCUT2D eigenvalue weighted by Gasteiger charge is 2.65. The zero-order valence-corrected chi connectivity index (χ0v) is 14.3. The summed E-state index contributed by atoms with van der Waals surface area (Å²) in [5, 5.41) is 9.48. The monoisotopic (exact) mass is 338 g/mol. The second-order valence-electron chi connectivity index (χ2n) is 7.53. The van der Waals surface area contributed by atoms with Crippen molar-refractivity contribution in [3.8, 4) is 0 Å². The predicted octanol–water partition coefficient (Wildman–Crippen LogP) is 1.83. The molecular weight excluding hydrogens is 316 g/mol. The molecule has 4 atom stereocenters. The molecule has 130 valence electrons. The largest absolute Gasteiger partial charge is 0.469 e. The van der Waals surface area contributed by atoms with Crippen LogP contribution in [0.5, 0.6) is 0 Å². The van der Waals surface area contributed by atoms with Gasteiger partial charge >= 0.3 is 5.97 Å². The van der Waals surface area contributed by atoms with E-state index in [1.807, 2.05) is 18.2 Å². The Labute approximate surface area is 147 Å². The molecule has 3 aliphatic heterocycles. The van der Waals surface area contributed by atoms with Crippen molar-refractivity contribution in [1.82, 2.24) is 4.90 Å². The quantitative estimate of drug-likeness (QED) is 0.660. The molecule has 1 aromatic carbocycles. The van der Waals surface area contributed by atoms with E-state index >= 15 is 0 Å². The van der Waals surface area contributed by atoms with Crippen molar-refractivity contribution in [1.29, 1.82) is 0 Å².